The van der Waals surface area contributed by atoms with Crippen molar-refractivity contribution >= 4 is 21.8 Å². The fraction of sp³-hybridized carbons (Fsp3) is 0.0938. The molecule has 0 radical (unpaired) electrons. The van der Waals surface area contributed by atoms with Gasteiger partial charge in [-0.3, -0.25) is 0 Å². The maximum atomic E-state index is 4.96. The molecule has 0 saturated carbocycles. The highest BCUT2D eigenvalue weighted by Gasteiger charge is 2.20. The van der Waals surface area contributed by atoms with Crippen LogP contribution in [0.3, 0.4) is 0 Å². The first-order valence-corrected chi connectivity index (χ1v) is 24.3. The SMILES string of the molecule is CC(C)(C)c1ccc2c(ccn2-c2ccccc2-c2nc(-c3ccccc3)nc(-c3ccccc3)n2)c1.Cc1ccc(-c2nc(-c3ccc(C)cc3)nc(-c3ccccc3-n3ccc4ccccc43)n2)cc1. The van der Waals surface area contributed by atoms with Gasteiger partial charge in [0.25, 0.3) is 0 Å². The van der Waals surface area contributed by atoms with Gasteiger partial charge in [0.1, 0.15) is 0 Å². The van der Waals surface area contributed by atoms with E-state index in [0.29, 0.717) is 34.9 Å². The van der Waals surface area contributed by atoms with Crippen LogP contribution in [0.25, 0.3) is 102 Å². The van der Waals surface area contributed by atoms with E-state index >= 15 is 0 Å². The Morgan fingerprint density at radius 2 is 0.694 bits per heavy atom. The van der Waals surface area contributed by atoms with Crippen molar-refractivity contribution in [1.29, 1.82) is 0 Å². The monoisotopic (exact) mass is 932 g/mol. The predicted octanol–water partition coefficient (Wildman–Crippen LogP) is 15.5. The Balaban J connectivity index is 0.000000156. The summed E-state index contributed by atoms with van der Waals surface area (Å²) in [6.45, 7) is 10.9. The summed E-state index contributed by atoms with van der Waals surface area (Å²) >= 11 is 0. The van der Waals surface area contributed by atoms with E-state index in [4.69, 9.17) is 29.9 Å². The summed E-state index contributed by atoms with van der Waals surface area (Å²) in [7, 11) is 0. The Labute approximate surface area is 420 Å². The number of aromatic nitrogens is 8. The maximum Gasteiger partial charge on any atom is 0.166 e. The fourth-order valence-corrected chi connectivity index (χ4v) is 8.95. The van der Waals surface area contributed by atoms with Gasteiger partial charge in [-0.1, -0.05) is 190 Å². The summed E-state index contributed by atoms with van der Waals surface area (Å²) in [4.78, 5) is 29.6. The Kier molecular flexibility index (Phi) is 12.2. The molecule has 0 bridgehead atoms. The van der Waals surface area contributed by atoms with E-state index in [9.17, 15) is 0 Å². The molecule has 8 nitrogen and oxygen atoms in total. The van der Waals surface area contributed by atoms with Gasteiger partial charge in [-0.05, 0) is 84.8 Å². The molecule has 0 amide bonds. The first-order chi connectivity index (χ1) is 35.1. The van der Waals surface area contributed by atoms with E-state index in [-0.39, 0.29) is 5.41 Å². The van der Waals surface area contributed by atoms with Crippen LogP contribution in [0.2, 0.25) is 0 Å². The lowest BCUT2D eigenvalue weighted by Gasteiger charge is -2.19. The van der Waals surface area contributed by atoms with E-state index in [1.807, 2.05) is 72.8 Å². The lowest BCUT2D eigenvalue weighted by Crippen LogP contribution is -2.10. The lowest BCUT2D eigenvalue weighted by atomic mass is 9.86. The number of nitrogens with zero attached hydrogens (tertiary/aromatic N) is 8. The summed E-state index contributed by atoms with van der Waals surface area (Å²) in [5, 5.41) is 2.41. The molecule has 0 atom stereocenters. The van der Waals surface area contributed by atoms with Gasteiger partial charge in [0.2, 0.25) is 0 Å². The second-order valence-electron chi connectivity index (χ2n) is 19.1. The molecule has 0 N–H and O–H groups in total. The predicted molar refractivity (Wildman–Crippen MR) is 294 cm³/mol. The second kappa shape index (κ2) is 19.3. The van der Waals surface area contributed by atoms with Gasteiger partial charge in [0, 0.05) is 51.2 Å². The third-order valence-electron chi connectivity index (χ3n) is 12.9. The topological polar surface area (TPSA) is 87.2 Å². The van der Waals surface area contributed by atoms with Crippen LogP contribution in [0.1, 0.15) is 37.5 Å². The van der Waals surface area contributed by atoms with Crippen LogP contribution in [0, 0.1) is 13.8 Å². The fourth-order valence-electron chi connectivity index (χ4n) is 8.95. The number of hydrogen-bond donors (Lipinski definition) is 0. The highest BCUT2D eigenvalue weighted by Crippen LogP contribution is 2.34. The van der Waals surface area contributed by atoms with Crippen molar-refractivity contribution in [3.63, 3.8) is 0 Å². The molecule has 0 aliphatic rings. The molecule has 0 fully saturated rings. The molecule has 0 saturated heterocycles. The molecule has 8 heteroatoms. The van der Waals surface area contributed by atoms with Gasteiger partial charge in [-0.15, -0.1) is 0 Å². The molecule has 4 aromatic heterocycles. The van der Waals surface area contributed by atoms with Crippen molar-refractivity contribution in [2.75, 3.05) is 0 Å². The van der Waals surface area contributed by atoms with Crippen molar-refractivity contribution in [3.8, 4) is 79.7 Å². The molecule has 4 heterocycles. The molecule has 12 rings (SSSR count). The molecular weight excluding hydrogens is 881 g/mol. The van der Waals surface area contributed by atoms with Gasteiger partial charge in [0.15, 0.2) is 34.9 Å². The zero-order chi connectivity index (χ0) is 49.2. The van der Waals surface area contributed by atoms with E-state index < -0.39 is 0 Å². The van der Waals surface area contributed by atoms with Crippen LogP contribution in [0.4, 0.5) is 0 Å². The minimum absolute atomic E-state index is 0.0980. The number of fused-ring (bicyclic) bond motifs is 2. The van der Waals surface area contributed by atoms with E-state index in [1.54, 1.807) is 0 Å². The quantitative estimate of drug-likeness (QED) is 0.151. The Bertz CT molecular complexity index is 3730. The van der Waals surface area contributed by atoms with Crippen LogP contribution < -0.4 is 0 Å². The highest BCUT2D eigenvalue weighted by atomic mass is 15.1. The lowest BCUT2D eigenvalue weighted by molar-refractivity contribution is 0.591. The summed E-state index contributed by atoms with van der Waals surface area (Å²) in [5.74, 6) is 3.95. The third kappa shape index (κ3) is 9.33. The minimum atomic E-state index is 0.0980. The zero-order valence-electron chi connectivity index (χ0n) is 40.9. The summed E-state index contributed by atoms with van der Waals surface area (Å²) in [6.07, 6.45) is 4.24. The number of rotatable bonds is 8. The molecule has 0 aliphatic carbocycles. The molecule has 0 spiro atoms. The van der Waals surface area contributed by atoms with Crippen molar-refractivity contribution in [2.24, 2.45) is 0 Å². The Morgan fingerprint density at radius 1 is 0.319 bits per heavy atom. The van der Waals surface area contributed by atoms with E-state index in [0.717, 1.165) is 55.8 Å². The van der Waals surface area contributed by atoms with Crippen LogP contribution in [-0.2, 0) is 5.41 Å². The van der Waals surface area contributed by atoms with Gasteiger partial charge in [0.05, 0.1) is 22.4 Å². The maximum absolute atomic E-state index is 4.96. The van der Waals surface area contributed by atoms with Crippen LogP contribution in [0.15, 0.2) is 225 Å². The van der Waals surface area contributed by atoms with Gasteiger partial charge < -0.3 is 9.13 Å². The number of hydrogen-bond acceptors (Lipinski definition) is 6. The standard InChI is InChI=1S/C33H28N4.C31H24N4/c1-33(2,3)26-18-19-28-25(22-26)20-21-37(28)29-17-11-10-16-27(29)32-35-30(23-12-6-4-7-13-23)34-31(36-32)24-14-8-5-9-15-24;1-21-11-15-24(16-12-21)29-32-30(25-17-13-22(2)14-18-25)34-31(33-29)26-8-4-6-10-28(26)35-20-19-23-7-3-5-9-27(23)35/h4-22H,1-3H3;3-20H,1-2H3. The van der Waals surface area contributed by atoms with E-state index in [2.05, 4.69) is 196 Å². The molecule has 348 valence electrons. The zero-order valence-corrected chi connectivity index (χ0v) is 40.9. The van der Waals surface area contributed by atoms with Crippen LogP contribution >= 0.6 is 0 Å². The van der Waals surface area contributed by atoms with Crippen molar-refractivity contribution in [1.82, 2.24) is 39.0 Å². The molecule has 12 aromatic rings. The first kappa shape index (κ1) is 45.3. The smallest absolute Gasteiger partial charge is 0.166 e. The van der Waals surface area contributed by atoms with Crippen LogP contribution in [-0.4, -0.2) is 39.0 Å². The van der Waals surface area contributed by atoms with Crippen molar-refractivity contribution in [2.45, 2.75) is 40.0 Å². The molecule has 0 unspecified atom stereocenters. The van der Waals surface area contributed by atoms with Gasteiger partial charge in [-0.25, -0.2) is 29.9 Å². The Hall–Kier alpha value is -9.14. The van der Waals surface area contributed by atoms with Crippen LogP contribution in [0.5, 0.6) is 0 Å². The normalized spacial score (nSPS) is 11.4. The Morgan fingerprint density at radius 3 is 1.17 bits per heavy atom. The first-order valence-electron chi connectivity index (χ1n) is 24.3. The van der Waals surface area contributed by atoms with Gasteiger partial charge >= 0.3 is 0 Å². The number of benzene rings is 8. The second-order valence-corrected chi connectivity index (χ2v) is 19.1. The van der Waals surface area contributed by atoms with Crippen molar-refractivity contribution < 1.29 is 0 Å². The summed E-state index contributed by atoms with van der Waals surface area (Å²) < 4.78 is 4.43. The average molecular weight is 933 g/mol. The summed E-state index contributed by atoms with van der Waals surface area (Å²) in [6, 6.07) is 72.8. The largest absolute Gasteiger partial charge is 0.316 e. The minimum Gasteiger partial charge on any atom is -0.316 e. The molecule has 72 heavy (non-hydrogen) atoms. The molecule has 0 aliphatic heterocycles. The van der Waals surface area contributed by atoms with Crippen molar-refractivity contribution in [3.05, 3.63) is 241 Å². The molecular formula is C64H52N8. The summed E-state index contributed by atoms with van der Waals surface area (Å²) in [5.41, 5.74) is 14.0. The number of aryl methyl sites for hydroxylation is 2. The number of para-hydroxylation sites is 3. The van der Waals surface area contributed by atoms with Gasteiger partial charge in [-0.2, -0.15) is 0 Å². The average Bonchev–Trinajstić information content (AvgIpc) is 4.06. The highest BCUT2D eigenvalue weighted by molar-refractivity contribution is 5.86. The van der Waals surface area contributed by atoms with E-state index in [1.165, 1.54) is 27.5 Å². The third-order valence-corrected chi connectivity index (χ3v) is 12.9. The molecule has 8 aromatic carbocycles.